The number of benzene rings is 1. The van der Waals surface area contributed by atoms with E-state index in [0.29, 0.717) is 0 Å². The minimum absolute atomic E-state index is 0.355. The highest BCUT2D eigenvalue weighted by Crippen LogP contribution is 2.30. The molecule has 2 rings (SSSR count). The van der Waals surface area contributed by atoms with E-state index in [4.69, 9.17) is 5.73 Å². The van der Waals surface area contributed by atoms with Crippen LogP contribution in [0.2, 0.25) is 0 Å². The largest absolute Gasteiger partial charge is 0.322 e. The highest BCUT2D eigenvalue weighted by Gasteiger charge is 2.19. The topological polar surface area (TPSA) is 54.7 Å². The van der Waals surface area contributed by atoms with Crippen molar-refractivity contribution in [3.05, 3.63) is 28.4 Å². The fourth-order valence-corrected chi connectivity index (χ4v) is 2.07. The first-order valence-corrected chi connectivity index (χ1v) is 5.21. The third-order valence-corrected chi connectivity index (χ3v) is 2.80. The Morgan fingerprint density at radius 2 is 2.14 bits per heavy atom. The molecule has 0 fully saturated rings. The molecule has 3 N–H and O–H groups in total. The number of halogens is 1. The zero-order chi connectivity index (χ0) is 10.3. The van der Waals surface area contributed by atoms with Crippen molar-refractivity contribution < 1.29 is 0 Å². The summed E-state index contributed by atoms with van der Waals surface area (Å²) in [6.07, 6.45) is 0. The van der Waals surface area contributed by atoms with Gasteiger partial charge in [0.15, 0.2) is 0 Å². The number of aromatic amines is 1. The maximum Gasteiger partial charge on any atom is 0.109 e. The fraction of sp³-hybridized carbons (Fsp3) is 0.300. The Morgan fingerprint density at radius 1 is 1.43 bits per heavy atom. The standard InChI is InChI=1S/C10H12BrN3/c1-10(2,12)6-4-3-5-7-8(6)9(11)14-13-7/h3-5H,12H2,1-2H3,(H,13,14). The number of hydrogen-bond acceptors (Lipinski definition) is 2. The number of aromatic nitrogens is 2. The molecule has 1 aromatic heterocycles. The number of nitrogens with one attached hydrogen (secondary N) is 1. The molecule has 1 aromatic carbocycles. The van der Waals surface area contributed by atoms with Gasteiger partial charge in [0.1, 0.15) is 4.60 Å². The Hall–Kier alpha value is -0.870. The molecule has 0 saturated carbocycles. The predicted octanol–water partition coefficient (Wildman–Crippen LogP) is 2.52. The van der Waals surface area contributed by atoms with Gasteiger partial charge in [0.05, 0.1) is 5.52 Å². The number of rotatable bonds is 1. The van der Waals surface area contributed by atoms with E-state index >= 15 is 0 Å². The molecule has 0 aliphatic rings. The van der Waals surface area contributed by atoms with Crippen LogP contribution in [0.4, 0.5) is 0 Å². The quantitative estimate of drug-likeness (QED) is 0.821. The van der Waals surface area contributed by atoms with Gasteiger partial charge in [0, 0.05) is 10.9 Å². The Morgan fingerprint density at radius 3 is 2.79 bits per heavy atom. The van der Waals surface area contributed by atoms with Gasteiger partial charge < -0.3 is 5.73 Å². The molecule has 2 aromatic rings. The van der Waals surface area contributed by atoms with Crippen molar-refractivity contribution in [2.45, 2.75) is 19.4 Å². The zero-order valence-corrected chi connectivity index (χ0v) is 9.72. The fourth-order valence-electron chi connectivity index (χ4n) is 1.57. The lowest BCUT2D eigenvalue weighted by Crippen LogP contribution is -2.28. The van der Waals surface area contributed by atoms with E-state index in [0.717, 1.165) is 21.1 Å². The van der Waals surface area contributed by atoms with Crippen LogP contribution in [0.5, 0.6) is 0 Å². The van der Waals surface area contributed by atoms with Crippen LogP contribution in [-0.2, 0) is 5.54 Å². The lowest BCUT2D eigenvalue weighted by atomic mass is 9.93. The van der Waals surface area contributed by atoms with Crippen molar-refractivity contribution in [2.24, 2.45) is 5.73 Å². The summed E-state index contributed by atoms with van der Waals surface area (Å²) in [6, 6.07) is 5.97. The first kappa shape index (κ1) is 9.68. The highest BCUT2D eigenvalue weighted by molar-refractivity contribution is 9.10. The number of hydrogen-bond donors (Lipinski definition) is 2. The van der Waals surface area contributed by atoms with Gasteiger partial charge in [-0.05, 0) is 41.4 Å². The van der Waals surface area contributed by atoms with Gasteiger partial charge in [-0.25, -0.2) is 0 Å². The molecule has 4 heteroatoms. The molecule has 1 heterocycles. The van der Waals surface area contributed by atoms with E-state index in [1.807, 2.05) is 32.0 Å². The van der Waals surface area contributed by atoms with E-state index in [2.05, 4.69) is 26.1 Å². The molecule has 0 bridgehead atoms. The molecule has 0 amide bonds. The Bertz CT molecular complexity index is 468. The van der Waals surface area contributed by atoms with E-state index in [1.165, 1.54) is 0 Å². The third-order valence-electron chi connectivity index (χ3n) is 2.23. The van der Waals surface area contributed by atoms with Gasteiger partial charge in [0.2, 0.25) is 0 Å². The smallest absolute Gasteiger partial charge is 0.109 e. The molecule has 0 spiro atoms. The van der Waals surface area contributed by atoms with Gasteiger partial charge in [-0.1, -0.05) is 12.1 Å². The summed E-state index contributed by atoms with van der Waals surface area (Å²) in [7, 11) is 0. The highest BCUT2D eigenvalue weighted by atomic mass is 79.9. The van der Waals surface area contributed by atoms with Crippen molar-refractivity contribution in [1.29, 1.82) is 0 Å². The van der Waals surface area contributed by atoms with Gasteiger partial charge in [-0.15, -0.1) is 0 Å². The maximum atomic E-state index is 6.09. The average molecular weight is 254 g/mol. The van der Waals surface area contributed by atoms with Gasteiger partial charge in [0.25, 0.3) is 0 Å². The van der Waals surface area contributed by atoms with E-state index in [1.54, 1.807) is 0 Å². The van der Waals surface area contributed by atoms with Crippen LogP contribution in [0.15, 0.2) is 22.8 Å². The van der Waals surface area contributed by atoms with E-state index in [9.17, 15) is 0 Å². The Balaban J connectivity index is 2.82. The van der Waals surface area contributed by atoms with Crippen LogP contribution in [0.1, 0.15) is 19.4 Å². The lowest BCUT2D eigenvalue weighted by Gasteiger charge is -2.20. The van der Waals surface area contributed by atoms with Crippen LogP contribution < -0.4 is 5.73 Å². The minimum atomic E-state index is -0.355. The summed E-state index contributed by atoms with van der Waals surface area (Å²) >= 11 is 3.44. The van der Waals surface area contributed by atoms with Crippen molar-refractivity contribution >= 4 is 26.8 Å². The average Bonchev–Trinajstić information content (AvgIpc) is 2.46. The number of fused-ring (bicyclic) bond motifs is 1. The molecule has 3 nitrogen and oxygen atoms in total. The number of nitrogens with zero attached hydrogens (tertiary/aromatic N) is 1. The van der Waals surface area contributed by atoms with Crippen LogP contribution >= 0.6 is 15.9 Å². The van der Waals surface area contributed by atoms with Crippen molar-refractivity contribution in [1.82, 2.24) is 10.2 Å². The zero-order valence-electron chi connectivity index (χ0n) is 8.13. The molecule has 0 radical (unpaired) electrons. The van der Waals surface area contributed by atoms with Gasteiger partial charge in [-0.3, -0.25) is 5.10 Å². The normalized spacial score (nSPS) is 12.3. The van der Waals surface area contributed by atoms with Crippen LogP contribution in [0.25, 0.3) is 10.9 Å². The summed E-state index contributed by atoms with van der Waals surface area (Å²) in [5.41, 5.74) is 7.76. The maximum absolute atomic E-state index is 6.09. The minimum Gasteiger partial charge on any atom is -0.322 e. The van der Waals surface area contributed by atoms with Gasteiger partial charge >= 0.3 is 0 Å². The number of H-pyrrole nitrogens is 1. The predicted molar refractivity (Wildman–Crippen MR) is 61.0 cm³/mol. The van der Waals surface area contributed by atoms with Crippen molar-refractivity contribution in [3.63, 3.8) is 0 Å². The Kier molecular flexibility index (Phi) is 2.12. The molecule has 0 unspecified atom stereocenters. The summed E-state index contributed by atoms with van der Waals surface area (Å²) < 4.78 is 0.890. The summed E-state index contributed by atoms with van der Waals surface area (Å²) in [6.45, 7) is 3.97. The SMILES string of the molecule is CC(C)(N)c1cccc2n[nH]c(Br)c12. The number of nitrogens with two attached hydrogens (primary N) is 1. The Labute approximate surface area is 90.8 Å². The summed E-state index contributed by atoms with van der Waals surface area (Å²) in [5, 5.41) is 8.13. The van der Waals surface area contributed by atoms with Crippen LogP contribution in [0.3, 0.4) is 0 Å². The van der Waals surface area contributed by atoms with E-state index < -0.39 is 0 Å². The second-order valence-corrected chi connectivity index (χ2v) is 4.75. The van der Waals surface area contributed by atoms with Crippen molar-refractivity contribution in [2.75, 3.05) is 0 Å². The third kappa shape index (κ3) is 1.44. The van der Waals surface area contributed by atoms with Crippen LogP contribution in [-0.4, -0.2) is 10.2 Å². The second-order valence-electron chi connectivity index (χ2n) is 3.96. The molecule has 74 valence electrons. The van der Waals surface area contributed by atoms with Gasteiger partial charge in [-0.2, -0.15) is 5.10 Å². The molecule has 0 aliphatic heterocycles. The summed E-state index contributed by atoms with van der Waals surface area (Å²) in [4.78, 5) is 0. The van der Waals surface area contributed by atoms with E-state index in [-0.39, 0.29) is 5.54 Å². The van der Waals surface area contributed by atoms with Crippen LogP contribution in [0, 0.1) is 0 Å². The molecule has 0 atom stereocenters. The lowest BCUT2D eigenvalue weighted by molar-refractivity contribution is 0.559. The molecule has 14 heavy (non-hydrogen) atoms. The molecular weight excluding hydrogens is 242 g/mol. The summed E-state index contributed by atoms with van der Waals surface area (Å²) in [5.74, 6) is 0. The molecule has 0 saturated heterocycles. The second kappa shape index (κ2) is 3.07. The first-order chi connectivity index (χ1) is 6.50. The first-order valence-electron chi connectivity index (χ1n) is 4.42. The molecule has 0 aliphatic carbocycles. The monoisotopic (exact) mass is 253 g/mol. The molecular formula is C10H12BrN3. The van der Waals surface area contributed by atoms with Crippen molar-refractivity contribution in [3.8, 4) is 0 Å².